The molecule has 1 saturated carbocycles. The Morgan fingerprint density at radius 2 is 1.55 bits per heavy atom. The molecular weight excluding hydrogens is 408 g/mol. The van der Waals surface area contributed by atoms with Crippen LogP contribution in [-0.4, -0.2) is 10.4 Å². The van der Waals surface area contributed by atoms with E-state index in [-0.39, 0.29) is 17.4 Å². The van der Waals surface area contributed by atoms with Gasteiger partial charge >= 0.3 is 0 Å². The van der Waals surface area contributed by atoms with E-state index in [9.17, 15) is 9.59 Å². The Balaban J connectivity index is 1.64. The highest BCUT2D eigenvalue weighted by atomic mass is 16.1. The fraction of sp³-hybridized carbons (Fsp3) is 0.241. The molecule has 4 heteroatoms. The minimum absolute atomic E-state index is 0.00662. The number of benzene rings is 3. The van der Waals surface area contributed by atoms with Crippen LogP contribution < -0.4 is 10.9 Å². The quantitative estimate of drug-likeness (QED) is 0.341. The highest BCUT2D eigenvalue weighted by Crippen LogP contribution is 2.43. The molecule has 4 aromatic rings. The van der Waals surface area contributed by atoms with Crippen LogP contribution in [0, 0.1) is 6.92 Å². The summed E-state index contributed by atoms with van der Waals surface area (Å²) in [6, 6.07) is 21.7. The summed E-state index contributed by atoms with van der Waals surface area (Å²) < 4.78 is 1.96. The smallest absolute Gasteiger partial charge is 0.251 e. The average Bonchev–Trinajstić information content (AvgIpc) is 2.84. The maximum atomic E-state index is 13.8. The zero-order chi connectivity index (χ0) is 22.5. The van der Waals surface area contributed by atoms with Gasteiger partial charge in [-0.25, -0.2) is 0 Å². The highest BCUT2D eigenvalue weighted by Gasteiger charge is 2.30. The van der Waals surface area contributed by atoms with Gasteiger partial charge < -0.3 is 9.88 Å². The maximum absolute atomic E-state index is 13.8. The normalized spacial score (nSPS) is 15.5. The molecule has 0 unspecified atom stereocenters. The minimum Gasteiger partial charge on any atom is -0.355 e. The van der Waals surface area contributed by atoms with E-state index in [4.69, 9.17) is 0 Å². The second-order valence-corrected chi connectivity index (χ2v) is 9.31. The van der Waals surface area contributed by atoms with Crippen molar-refractivity contribution in [3.63, 3.8) is 0 Å². The van der Waals surface area contributed by atoms with Crippen molar-refractivity contribution in [1.82, 2.24) is 4.57 Å². The molecule has 0 amide bonds. The van der Waals surface area contributed by atoms with Gasteiger partial charge in [-0.2, -0.15) is 0 Å². The summed E-state index contributed by atoms with van der Waals surface area (Å²) in [6.07, 6.45) is 5.53. The third-order valence-electron chi connectivity index (χ3n) is 7.18. The summed E-state index contributed by atoms with van der Waals surface area (Å²) in [6.45, 7) is 2.06. The molecule has 0 aliphatic heterocycles. The summed E-state index contributed by atoms with van der Waals surface area (Å²) in [5.41, 5.74) is 6.82. The van der Waals surface area contributed by atoms with Gasteiger partial charge in [0, 0.05) is 28.7 Å². The van der Waals surface area contributed by atoms with Gasteiger partial charge in [0.25, 0.3) is 5.56 Å². The zero-order valence-corrected chi connectivity index (χ0v) is 18.7. The van der Waals surface area contributed by atoms with E-state index < -0.39 is 0 Å². The highest BCUT2D eigenvalue weighted by molar-refractivity contribution is 6.28. The Hall–Kier alpha value is -3.66. The van der Waals surface area contributed by atoms with Gasteiger partial charge in [0.15, 0.2) is 5.78 Å². The summed E-state index contributed by atoms with van der Waals surface area (Å²) in [7, 11) is 0. The zero-order valence-electron chi connectivity index (χ0n) is 18.7. The Labute approximate surface area is 192 Å². The van der Waals surface area contributed by atoms with Gasteiger partial charge in [-0.3, -0.25) is 9.59 Å². The number of carbonyl (C=O) groups excluding carboxylic acids is 1. The predicted octanol–water partition coefficient (Wildman–Crippen LogP) is 6.77. The molecule has 1 fully saturated rings. The van der Waals surface area contributed by atoms with E-state index in [1.807, 2.05) is 53.1 Å². The van der Waals surface area contributed by atoms with Crippen LogP contribution in [0.1, 0.15) is 59.6 Å². The van der Waals surface area contributed by atoms with Crippen molar-refractivity contribution in [1.29, 1.82) is 0 Å². The largest absolute Gasteiger partial charge is 0.355 e. The van der Waals surface area contributed by atoms with E-state index in [2.05, 4.69) is 24.4 Å². The molecule has 0 atom stereocenters. The standard InChI is InChI=1S/C29H26N2O2/c1-18-11-13-19(14-12-18)30-24-15-16-25-27-23(17-26(32)31(25)20-7-3-2-4-8-20)21-9-5-6-10-22(21)29(33)28(24)27/h5-6,9-17,20,30H,2-4,7-8H2,1H3. The van der Waals surface area contributed by atoms with Crippen LogP contribution in [-0.2, 0) is 0 Å². The topological polar surface area (TPSA) is 51.1 Å². The van der Waals surface area contributed by atoms with E-state index >= 15 is 0 Å². The lowest BCUT2D eigenvalue weighted by molar-refractivity contribution is 0.104. The van der Waals surface area contributed by atoms with Gasteiger partial charge in [0.2, 0.25) is 0 Å². The van der Waals surface area contributed by atoms with Crippen molar-refractivity contribution < 1.29 is 4.79 Å². The molecule has 6 rings (SSSR count). The maximum Gasteiger partial charge on any atom is 0.251 e. The summed E-state index contributed by atoms with van der Waals surface area (Å²) >= 11 is 0. The third kappa shape index (κ3) is 3.20. The lowest BCUT2D eigenvalue weighted by Gasteiger charge is -2.29. The monoisotopic (exact) mass is 434 g/mol. The van der Waals surface area contributed by atoms with E-state index in [0.717, 1.165) is 59.1 Å². The first-order valence-electron chi connectivity index (χ1n) is 11.8. The van der Waals surface area contributed by atoms with Gasteiger partial charge in [-0.1, -0.05) is 61.2 Å². The fourth-order valence-corrected chi connectivity index (χ4v) is 5.56. The Morgan fingerprint density at radius 1 is 0.818 bits per heavy atom. The van der Waals surface area contributed by atoms with Crippen LogP contribution in [0.4, 0.5) is 11.4 Å². The molecule has 1 N–H and O–H groups in total. The van der Waals surface area contributed by atoms with Gasteiger partial charge in [-0.15, -0.1) is 0 Å². The number of carbonyl (C=O) groups is 1. The number of nitrogens with zero attached hydrogens (tertiary/aromatic N) is 1. The molecule has 3 aromatic carbocycles. The molecule has 4 nitrogen and oxygen atoms in total. The van der Waals surface area contributed by atoms with Gasteiger partial charge in [-0.05, 0) is 55.2 Å². The Bertz CT molecular complexity index is 1460. The van der Waals surface area contributed by atoms with Crippen molar-refractivity contribution in [2.24, 2.45) is 0 Å². The summed E-state index contributed by atoms with van der Waals surface area (Å²) in [5, 5.41) is 4.36. The van der Waals surface area contributed by atoms with E-state index in [1.54, 1.807) is 6.07 Å². The number of rotatable bonds is 3. The lowest BCUT2D eigenvalue weighted by Crippen LogP contribution is -2.28. The number of ketones is 1. The Kier molecular flexibility index (Phi) is 4.68. The number of nitrogens with one attached hydrogen (secondary N) is 1. The molecular formula is C29H26N2O2. The van der Waals surface area contributed by atoms with Crippen LogP contribution in [0.15, 0.2) is 71.5 Å². The summed E-state index contributed by atoms with van der Waals surface area (Å²) in [4.78, 5) is 27.2. The number of hydrogen-bond donors (Lipinski definition) is 1. The molecule has 2 aliphatic rings. The first-order valence-corrected chi connectivity index (χ1v) is 11.8. The average molecular weight is 435 g/mol. The number of aromatic nitrogens is 1. The molecule has 0 spiro atoms. The van der Waals surface area contributed by atoms with Crippen LogP contribution in [0.2, 0.25) is 0 Å². The molecule has 0 radical (unpaired) electrons. The van der Waals surface area contributed by atoms with Gasteiger partial charge in [0.1, 0.15) is 0 Å². The number of hydrogen-bond acceptors (Lipinski definition) is 3. The van der Waals surface area contributed by atoms with Crippen molar-refractivity contribution in [2.75, 3.05) is 5.32 Å². The fourth-order valence-electron chi connectivity index (χ4n) is 5.56. The first kappa shape index (κ1) is 20.0. The van der Waals surface area contributed by atoms with Crippen LogP contribution in [0.25, 0.3) is 22.0 Å². The molecule has 2 aliphatic carbocycles. The number of fused-ring (bicyclic) bond motifs is 2. The SMILES string of the molecule is Cc1ccc(Nc2ccc3c4c(cc(=O)n3C3CCCCC3)-c3ccccc3C(=O)c24)cc1. The third-order valence-corrected chi connectivity index (χ3v) is 7.18. The molecule has 0 bridgehead atoms. The van der Waals surface area contributed by atoms with E-state index in [1.165, 1.54) is 12.0 Å². The summed E-state index contributed by atoms with van der Waals surface area (Å²) in [5.74, 6) is 0.00662. The Morgan fingerprint density at radius 3 is 2.30 bits per heavy atom. The molecule has 1 aromatic heterocycles. The molecule has 1 heterocycles. The van der Waals surface area contributed by atoms with Crippen molar-refractivity contribution in [3.8, 4) is 11.1 Å². The second kappa shape index (κ2) is 7.73. The number of pyridine rings is 1. The van der Waals surface area contributed by atoms with Crippen LogP contribution in [0.3, 0.4) is 0 Å². The van der Waals surface area contributed by atoms with Crippen molar-refractivity contribution in [2.45, 2.75) is 45.1 Å². The number of anilines is 2. The lowest BCUT2D eigenvalue weighted by atomic mass is 9.82. The van der Waals surface area contributed by atoms with E-state index in [0.29, 0.717) is 11.1 Å². The molecule has 33 heavy (non-hydrogen) atoms. The minimum atomic E-state index is 0.00662. The van der Waals surface area contributed by atoms with Crippen LogP contribution in [0.5, 0.6) is 0 Å². The van der Waals surface area contributed by atoms with Crippen molar-refractivity contribution in [3.05, 3.63) is 93.8 Å². The second-order valence-electron chi connectivity index (χ2n) is 9.31. The first-order chi connectivity index (χ1) is 16.1. The van der Waals surface area contributed by atoms with Crippen LogP contribution >= 0.6 is 0 Å². The number of aryl methyl sites for hydroxylation is 1. The van der Waals surface area contributed by atoms with Gasteiger partial charge in [0.05, 0.1) is 16.8 Å². The molecule has 0 saturated heterocycles. The molecule has 164 valence electrons. The van der Waals surface area contributed by atoms with Crippen molar-refractivity contribution >= 4 is 28.1 Å². The predicted molar refractivity (Wildman–Crippen MR) is 134 cm³/mol.